The molecular weight excluding hydrogens is 149 g/mol. The van der Waals surface area contributed by atoms with E-state index in [4.69, 9.17) is 0 Å². The first kappa shape index (κ1) is 11.4. The molecule has 0 N–H and O–H groups in total. The van der Waals surface area contributed by atoms with Gasteiger partial charge in [-0.1, -0.05) is 40.0 Å². The standard InChI is InChI=1S/C7H16.Zn/c1-4-5-6-7(2)3;/h7H,4-6H2,1-3H3;. The van der Waals surface area contributed by atoms with Crippen LogP contribution in [0.15, 0.2) is 0 Å². The second kappa shape index (κ2) is 7.62. The Labute approximate surface area is 65.8 Å². The second-order valence-corrected chi connectivity index (χ2v) is 2.54. The van der Waals surface area contributed by atoms with Crippen molar-refractivity contribution in [2.75, 3.05) is 0 Å². The molecule has 0 aliphatic heterocycles. The molecule has 1 heteroatoms. The minimum atomic E-state index is 0. The summed E-state index contributed by atoms with van der Waals surface area (Å²) < 4.78 is 0. The Morgan fingerprint density at radius 2 is 1.75 bits per heavy atom. The summed E-state index contributed by atoms with van der Waals surface area (Å²) in [6, 6.07) is 0. The minimum Gasteiger partial charge on any atom is -0.0654 e. The van der Waals surface area contributed by atoms with E-state index in [9.17, 15) is 0 Å². The number of hydrogen-bond donors (Lipinski definition) is 0. The Bertz CT molecular complexity index is 33.4. The molecule has 0 saturated heterocycles. The normalized spacial score (nSPS) is 9.00. The number of unbranched alkanes of at least 4 members (excludes halogenated alkanes) is 1. The molecule has 0 saturated carbocycles. The summed E-state index contributed by atoms with van der Waals surface area (Å²) >= 11 is 0. The Morgan fingerprint density at radius 1 is 1.25 bits per heavy atom. The molecule has 0 spiro atoms. The van der Waals surface area contributed by atoms with Gasteiger partial charge in [0.1, 0.15) is 0 Å². The molecule has 0 atom stereocenters. The monoisotopic (exact) mass is 164 g/mol. The fraction of sp³-hybridized carbons (Fsp3) is 1.00. The molecule has 0 aliphatic rings. The van der Waals surface area contributed by atoms with Crippen LogP contribution in [0.2, 0.25) is 0 Å². The van der Waals surface area contributed by atoms with Crippen LogP contribution in [0.3, 0.4) is 0 Å². The molecule has 0 rings (SSSR count). The molecule has 0 radical (unpaired) electrons. The van der Waals surface area contributed by atoms with Gasteiger partial charge in [0.2, 0.25) is 0 Å². The van der Waals surface area contributed by atoms with Crippen LogP contribution >= 0.6 is 0 Å². The first-order valence-electron chi connectivity index (χ1n) is 3.27. The van der Waals surface area contributed by atoms with Gasteiger partial charge < -0.3 is 0 Å². The summed E-state index contributed by atoms with van der Waals surface area (Å²) in [7, 11) is 0. The third kappa shape index (κ3) is 9.80. The van der Waals surface area contributed by atoms with Gasteiger partial charge in [0, 0.05) is 19.5 Å². The second-order valence-electron chi connectivity index (χ2n) is 2.54. The summed E-state index contributed by atoms with van der Waals surface area (Å²) in [5.74, 6) is 0.903. The molecule has 0 unspecified atom stereocenters. The molecule has 0 nitrogen and oxygen atoms in total. The largest absolute Gasteiger partial charge is 0.0654 e. The summed E-state index contributed by atoms with van der Waals surface area (Å²) in [4.78, 5) is 0. The summed E-state index contributed by atoms with van der Waals surface area (Å²) in [6.07, 6.45) is 4.15. The van der Waals surface area contributed by atoms with E-state index in [1.54, 1.807) is 0 Å². The molecule has 0 fully saturated rings. The summed E-state index contributed by atoms with van der Waals surface area (Å²) in [5.41, 5.74) is 0. The van der Waals surface area contributed by atoms with Crippen molar-refractivity contribution >= 4 is 0 Å². The van der Waals surface area contributed by atoms with E-state index >= 15 is 0 Å². The van der Waals surface area contributed by atoms with Gasteiger partial charge in [-0.05, 0) is 5.92 Å². The van der Waals surface area contributed by atoms with Crippen LogP contribution in [-0.2, 0) is 19.5 Å². The van der Waals surface area contributed by atoms with Crippen molar-refractivity contribution in [1.82, 2.24) is 0 Å². The van der Waals surface area contributed by atoms with Crippen LogP contribution < -0.4 is 0 Å². The van der Waals surface area contributed by atoms with Gasteiger partial charge in [-0.2, -0.15) is 0 Å². The topological polar surface area (TPSA) is 0 Å². The van der Waals surface area contributed by atoms with Crippen molar-refractivity contribution in [3.05, 3.63) is 0 Å². The van der Waals surface area contributed by atoms with Gasteiger partial charge in [0.25, 0.3) is 0 Å². The SMILES string of the molecule is CCCCC(C)C.[Zn]. The first-order chi connectivity index (χ1) is 3.27. The van der Waals surface area contributed by atoms with Gasteiger partial charge in [-0.15, -0.1) is 0 Å². The molecule has 0 aromatic carbocycles. The molecule has 0 amide bonds. The predicted molar refractivity (Wildman–Crippen MR) is 34.4 cm³/mol. The van der Waals surface area contributed by atoms with Crippen LogP contribution in [0.1, 0.15) is 40.0 Å². The predicted octanol–water partition coefficient (Wildman–Crippen LogP) is 2.83. The van der Waals surface area contributed by atoms with Crippen LogP contribution in [0, 0.1) is 5.92 Å². The van der Waals surface area contributed by atoms with Crippen molar-refractivity contribution in [2.24, 2.45) is 5.92 Å². The van der Waals surface area contributed by atoms with E-state index in [1.165, 1.54) is 19.3 Å². The van der Waals surface area contributed by atoms with Gasteiger partial charge in [0.05, 0.1) is 0 Å². The maximum absolute atomic E-state index is 2.27. The number of rotatable bonds is 3. The van der Waals surface area contributed by atoms with Crippen molar-refractivity contribution < 1.29 is 19.5 Å². The zero-order chi connectivity index (χ0) is 5.70. The Morgan fingerprint density at radius 3 is 1.88 bits per heavy atom. The molecule has 46 valence electrons. The molecular formula is C7H16Zn. The average Bonchev–Trinajstić information content (AvgIpc) is 1.61. The molecule has 0 aliphatic carbocycles. The molecule has 8 heavy (non-hydrogen) atoms. The van der Waals surface area contributed by atoms with E-state index in [2.05, 4.69) is 20.8 Å². The molecule has 0 aromatic heterocycles. The van der Waals surface area contributed by atoms with Gasteiger partial charge >= 0.3 is 0 Å². The quantitative estimate of drug-likeness (QED) is 0.565. The fourth-order valence-corrected chi connectivity index (χ4v) is 0.612. The van der Waals surface area contributed by atoms with E-state index in [0.717, 1.165) is 5.92 Å². The van der Waals surface area contributed by atoms with Crippen LogP contribution in [0.4, 0.5) is 0 Å². The average molecular weight is 166 g/mol. The third-order valence-electron chi connectivity index (χ3n) is 1.14. The van der Waals surface area contributed by atoms with E-state index in [1.807, 2.05) is 0 Å². The summed E-state index contributed by atoms with van der Waals surface area (Å²) in [5, 5.41) is 0. The molecule has 0 heterocycles. The van der Waals surface area contributed by atoms with Crippen molar-refractivity contribution in [3.63, 3.8) is 0 Å². The van der Waals surface area contributed by atoms with Crippen LogP contribution in [0.5, 0.6) is 0 Å². The third-order valence-corrected chi connectivity index (χ3v) is 1.14. The number of hydrogen-bond acceptors (Lipinski definition) is 0. The summed E-state index contributed by atoms with van der Waals surface area (Å²) in [6.45, 7) is 6.79. The molecule has 0 aromatic rings. The Hall–Kier alpha value is 0.623. The van der Waals surface area contributed by atoms with Gasteiger partial charge in [-0.25, -0.2) is 0 Å². The smallest absolute Gasteiger partial charge is 0 e. The van der Waals surface area contributed by atoms with E-state index in [0.29, 0.717) is 0 Å². The van der Waals surface area contributed by atoms with Crippen molar-refractivity contribution in [3.8, 4) is 0 Å². The zero-order valence-electron chi connectivity index (χ0n) is 6.41. The maximum atomic E-state index is 2.27. The van der Waals surface area contributed by atoms with Gasteiger partial charge in [-0.3, -0.25) is 0 Å². The fourth-order valence-electron chi connectivity index (χ4n) is 0.612. The van der Waals surface area contributed by atoms with E-state index in [-0.39, 0.29) is 19.5 Å². The minimum absolute atomic E-state index is 0. The first-order valence-corrected chi connectivity index (χ1v) is 3.27. The Balaban J connectivity index is 0. The van der Waals surface area contributed by atoms with Crippen molar-refractivity contribution in [2.45, 2.75) is 40.0 Å². The maximum Gasteiger partial charge on any atom is 0 e. The van der Waals surface area contributed by atoms with Crippen LogP contribution in [-0.4, -0.2) is 0 Å². The van der Waals surface area contributed by atoms with Gasteiger partial charge in [0.15, 0.2) is 0 Å². The Kier molecular flexibility index (Phi) is 10.9. The van der Waals surface area contributed by atoms with Crippen molar-refractivity contribution in [1.29, 1.82) is 0 Å². The molecule has 0 bridgehead atoms. The van der Waals surface area contributed by atoms with E-state index < -0.39 is 0 Å². The van der Waals surface area contributed by atoms with Crippen LogP contribution in [0.25, 0.3) is 0 Å². The zero-order valence-corrected chi connectivity index (χ0v) is 9.37.